The lowest BCUT2D eigenvalue weighted by atomic mass is 9.96. The third-order valence-corrected chi connectivity index (χ3v) is 7.70. The molecule has 9 heteroatoms. The fourth-order valence-electron chi connectivity index (χ4n) is 5.42. The summed E-state index contributed by atoms with van der Waals surface area (Å²) in [4.78, 5) is 42.9. The van der Waals surface area contributed by atoms with Gasteiger partial charge in [-0.05, 0) is 31.2 Å². The van der Waals surface area contributed by atoms with E-state index in [0.717, 1.165) is 57.5 Å². The number of benzene rings is 1. The van der Waals surface area contributed by atoms with Crippen molar-refractivity contribution in [3.8, 4) is 0 Å². The van der Waals surface area contributed by atoms with Gasteiger partial charge in [-0.15, -0.1) is 0 Å². The number of nitrogens with zero attached hydrogens (tertiary/aromatic N) is 2. The van der Waals surface area contributed by atoms with Crippen molar-refractivity contribution in [1.82, 2.24) is 20.4 Å². The highest BCUT2D eigenvalue weighted by Crippen LogP contribution is 2.27. The standard InChI is InChI=1S/C27H41N5O4/c28-27(11-4-5-12-27)26(35)30-23(19-21-7-2-1-3-8-21)25(34)29-13-10-24(33)32-16-14-31(15-17-32)20-22-9-6-18-36-22/h1-3,7-8,22-23H,4-6,9-20,28H2,(H,29,34)(H,30,35)/t22-,23-/m1/s1. The fourth-order valence-corrected chi connectivity index (χ4v) is 5.42. The monoisotopic (exact) mass is 499 g/mol. The number of ether oxygens (including phenoxy) is 1. The molecule has 2 heterocycles. The normalized spacial score (nSPS) is 22.8. The van der Waals surface area contributed by atoms with E-state index in [4.69, 9.17) is 10.5 Å². The van der Waals surface area contributed by atoms with Crippen molar-refractivity contribution in [1.29, 1.82) is 0 Å². The van der Waals surface area contributed by atoms with Crippen LogP contribution >= 0.6 is 0 Å². The average molecular weight is 500 g/mol. The average Bonchev–Trinajstić information content (AvgIpc) is 3.57. The lowest BCUT2D eigenvalue weighted by Gasteiger charge is -2.35. The molecule has 2 aliphatic heterocycles. The third kappa shape index (κ3) is 7.27. The largest absolute Gasteiger partial charge is 0.377 e. The number of hydrogen-bond acceptors (Lipinski definition) is 6. The number of carbonyl (C=O) groups is 3. The Balaban J connectivity index is 1.23. The predicted molar refractivity (Wildman–Crippen MR) is 137 cm³/mol. The minimum atomic E-state index is -0.906. The van der Waals surface area contributed by atoms with E-state index in [0.29, 0.717) is 38.5 Å². The zero-order valence-corrected chi connectivity index (χ0v) is 21.3. The van der Waals surface area contributed by atoms with Gasteiger partial charge in [-0.3, -0.25) is 19.3 Å². The maximum atomic E-state index is 13.1. The van der Waals surface area contributed by atoms with Crippen LogP contribution in [0, 0.1) is 0 Å². The maximum absolute atomic E-state index is 13.1. The number of carbonyl (C=O) groups excluding carboxylic acids is 3. The summed E-state index contributed by atoms with van der Waals surface area (Å²) in [6.07, 6.45) is 6.30. The first kappa shape index (κ1) is 26.6. The van der Waals surface area contributed by atoms with Crippen LogP contribution in [0.25, 0.3) is 0 Å². The molecule has 2 atom stereocenters. The van der Waals surface area contributed by atoms with Crippen molar-refractivity contribution < 1.29 is 19.1 Å². The third-order valence-electron chi connectivity index (χ3n) is 7.70. The van der Waals surface area contributed by atoms with E-state index in [1.165, 1.54) is 0 Å². The Kier molecular flexibility index (Phi) is 9.34. The lowest BCUT2D eigenvalue weighted by Crippen LogP contribution is -2.58. The van der Waals surface area contributed by atoms with E-state index >= 15 is 0 Å². The first-order chi connectivity index (χ1) is 17.4. The molecule has 198 valence electrons. The topological polar surface area (TPSA) is 117 Å². The molecule has 3 aliphatic rings. The molecule has 1 aliphatic carbocycles. The van der Waals surface area contributed by atoms with E-state index in [1.807, 2.05) is 35.2 Å². The number of nitrogens with two attached hydrogens (primary N) is 1. The molecule has 4 rings (SSSR count). The molecule has 2 saturated heterocycles. The Labute approximate surface area is 214 Å². The van der Waals surface area contributed by atoms with Gasteiger partial charge >= 0.3 is 0 Å². The van der Waals surface area contributed by atoms with Gasteiger partial charge in [0.15, 0.2) is 0 Å². The number of nitrogens with one attached hydrogen (secondary N) is 2. The summed E-state index contributed by atoms with van der Waals surface area (Å²) in [7, 11) is 0. The van der Waals surface area contributed by atoms with Gasteiger partial charge in [-0.1, -0.05) is 43.2 Å². The Bertz CT molecular complexity index is 875. The summed E-state index contributed by atoms with van der Waals surface area (Å²) >= 11 is 0. The van der Waals surface area contributed by atoms with Crippen LogP contribution in [0.4, 0.5) is 0 Å². The molecule has 3 fully saturated rings. The second-order valence-electron chi connectivity index (χ2n) is 10.4. The molecule has 4 N–H and O–H groups in total. The molecule has 0 radical (unpaired) electrons. The maximum Gasteiger partial charge on any atom is 0.242 e. The first-order valence-corrected chi connectivity index (χ1v) is 13.5. The van der Waals surface area contributed by atoms with Gasteiger partial charge in [0.2, 0.25) is 17.7 Å². The summed E-state index contributed by atoms with van der Waals surface area (Å²) in [6, 6.07) is 8.86. The predicted octanol–water partition coefficient (Wildman–Crippen LogP) is 0.815. The highest BCUT2D eigenvalue weighted by molar-refractivity contribution is 5.92. The highest BCUT2D eigenvalue weighted by Gasteiger charge is 2.38. The van der Waals surface area contributed by atoms with E-state index in [2.05, 4.69) is 15.5 Å². The van der Waals surface area contributed by atoms with E-state index in [-0.39, 0.29) is 30.7 Å². The molecule has 1 aromatic carbocycles. The Morgan fingerprint density at radius 1 is 1.06 bits per heavy atom. The van der Waals surface area contributed by atoms with Gasteiger partial charge in [0.1, 0.15) is 6.04 Å². The summed E-state index contributed by atoms with van der Waals surface area (Å²) in [5.41, 5.74) is 6.36. The van der Waals surface area contributed by atoms with Crippen LogP contribution in [-0.2, 0) is 25.5 Å². The fraction of sp³-hybridized carbons (Fsp3) is 0.667. The second-order valence-corrected chi connectivity index (χ2v) is 10.4. The lowest BCUT2D eigenvalue weighted by molar-refractivity contribution is -0.134. The van der Waals surface area contributed by atoms with Crippen molar-refractivity contribution in [2.24, 2.45) is 5.73 Å². The van der Waals surface area contributed by atoms with Crippen molar-refractivity contribution in [2.45, 2.75) is 69.1 Å². The smallest absolute Gasteiger partial charge is 0.242 e. The van der Waals surface area contributed by atoms with Crippen LogP contribution in [0.3, 0.4) is 0 Å². The van der Waals surface area contributed by atoms with E-state index in [9.17, 15) is 14.4 Å². The zero-order valence-electron chi connectivity index (χ0n) is 21.3. The van der Waals surface area contributed by atoms with Crippen molar-refractivity contribution in [3.63, 3.8) is 0 Å². The van der Waals surface area contributed by atoms with Crippen LogP contribution < -0.4 is 16.4 Å². The molecule has 0 spiro atoms. The van der Waals surface area contributed by atoms with Gasteiger partial charge in [0, 0.05) is 58.7 Å². The van der Waals surface area contributed by atoms with Crippen LogP contribution in [0.2, 0.25) is 0 Å². The number of hydrogen-bond donors (Lipinski definition) is 3. The Hall–Kier alpha value is -2.49. The van der Waals surface area contributed by atoms with Crippen LogP contribution in [0.5, 0.6) is 0 Å². The molecular weight excluding hydrogens is 458 g/mol. The number of amides is 3. The summed E-state index contributed by atoms with van der Waals surface area (Å²) in [5.74, 6) is -0.515. The van der Waals surface area contributed by atoms with Gasteiger partial charge in [-0.2, -0.15) is 0 Å². The molecule has 36 heavy (non-hydrogen) atoms. The molecule has 3 amide bonds. The second kappa shape index (κ2) is 12.7. The van der Waals surface area contributed by atoms with Crippen LogP contribution in [-0.4, -0.2) is 91.1 Å². The van der Waals surface area contributed by atoms with Crippen molar-refractivity contribution in [3.05, 3.63) is 35.9 Å². The van der Waals surface area contributed by atoms with Gasteiger partial charge < -0.3 is 26.0 Å². The summed E-state index contributed by atoms with van der Waals surface area (Å²) in [6.45, 7) is 5.14. The van der Waals surface area contributed by atoms with Crippen LogP contribution in [0.15, 0.2) is 30.3 Å². The highest BCUT2D eigenvalue weighted by atomic mass is 16.5. The van der Waals surface area contributed by atoms with E-state index in [1.54, 1.807) is 0 Å². The molecular formula is C27H41N5O4. The molecule has 0 unspecified atom stereocenters. The van der Waals surface area contributed by atoms with Crippen molar-refractivity contribution >= 4 is 17.7 Å². The number of rotatable bonds is 10. The quantitative estimate of drug-likeness (QED) is 0.439. The minimum absolute atomic E-state index is 0.0441. The van der Waals surface area contributed by atoms with Crippen LogP contribution in [0.1, 0.15) is 50.5 Å². The SMILES string of the molecule is NC1(C(=O)N[C@H](Cc2ccccc2)C(=O)NCCC(=O)N2CCN(C[C@H]3CCCO3)CC2)CCCC1. The molecule has 0 bridgehead atoms. The molecule has 0 aromatic heterocycles. The zero-order chi connectivity index (χ0) is 25.4. The molecule has 9 nitrogen and oxygen atoms in total. The van der Waals surface area contributed by atoms with Gasteiger partial charge in [0.05, 0.1) is 11.6 Å². The molecule has 1 aromatic rings. The first-order valence-electron chi connectivity index (χ1n) is 13.5. The van der Waals surface area contributed by atoms with Gasteiger partial charge in [0.25, 0.3) is 0 Å². The van der Waals surface area contributed by atoms with Crippen molar-refractivity contribution in [2.75, 3.05) is 45.9 Å². The molecule has 1 saturated carbocycles. The number of piperazine rings is 1. The Morgan fingerprint density at radius 3 is 2.44 bits per heavy atom. The minimum Gasteiger partial charge on any atom is -0.377 e. The summed E-state index contributed by atoms with van der Waals surface area (Å²) in [5, 5.41) is 5.77. The Morgan fingerprint density at radius 2 is 1.78 bits per heavy atom. The van der Waals surface area contributed by atoms with Gasteiger partial charge in [-0.25, -0.2) is 0 Å². The summed E-state index contributed by atoms with van der Waals surface area (Å²) < 4.78 is 5.72. The van der Waals surface area contributed by atoms with E-state index < -0.39 is 11.6 Å².